The molecule has 0 aliphatic rings. The van der Waals surface area contributed by atoms with Gasteiger partial charge in [-0.3, -0.25) is 0 Å². The summed E-state index contributed by atoms with van der Waals surface area (Å²) in [6.45, 7) is 2.00. The molecule has 1 atom stereocenters. The Morgan fingerprint density at radius 3 is 2.47 bits per heavy atom. The third-order valence-electron chi connectivity index (χ3n) is 1.97. The van der Waals surface area contributed by atoms with Crippen LogP contribution < -0.4 is 0 Å². The molecule has 0 spiro atoms. The molecular weight excluding hydrogens is 335 g/mol. The lowest BCUT2D eigenvalue weighted by Crippen LogP contribution is -1.84. The van der Waals surface area contributed by atoms with Gasteiger partial charge < -0.3 is 0 Å². The van der Waals surface area contributed by atoms with Crippen molar-refractivity contribution in [2.75, 3.05) is 0 Å². The zero-order valence-corrected chi connectivity index (χ0v) is 12.5. The van der Waals surface area contributed by atoms with Crippen molar-refractivity contribution in [3.8, 4) is 0 Å². The third-order valence-corrected chi connectivity index (χ3v) is 6.01. The predicted octanol–water partition coefficient (Wildman–Crippen LogP) is 5.86. The number of aryl methyl sites for hydroxylation is 1. The second-order valence-electron chi connectivity index (χ2n) is 3.11. The van der Waals surface area contributed by atoms with Gasteiger partial charge in [0, 0.05) is 9.75 Å². The first-order valence-electron chi connectivity index (χ1n) is 4.23. The first-order chi connectivity index (χ1) is 7.08. The highest BCUT2D eigenvalue weighted by Gasteiger charge is 2.16. The average Bonchev–Trinajstić information content (AvgIpc) is 2.74. The number of thiophene rings is 2. The Morgan fingerprint density at radius 2 is 2.00 bits per heavy atom. The second kappa shape index (κ2) is 4.76. The molecule has 2 rings (SSSR count). The van der Waals surface area contributed by atoms with Gasteiger partial charge in [0.15, 0.2) is 0 Å². The SMILES string of the molecule is Cc1cc(C(Cl)c2ccc(Br)s2)sc1Cl. The number of hydrogen-bond acceptors (Lipinski definition) is 2. The summed E-state index contributed by atoms with van der Waals surface area (Å²) in [6, 6.07) is 6.10. The Bertz CT molecular complexity index is 456. The van der Waals surface area contributed by atoms with E-state index >= 15 is 0 Å². The highest BCUT2D eigenvalue weighted by Crippen LogP contribution is 2.40. The van der Waals surface area contributed by atoms with E-state index in [4.69, 9.17) is 23.2 Å². The Kier molecular flexibility index (Phi) is 3.79. The summed E-state index contributed by atoms with van der Waals surface area (Å²) in [6.07, 6.45) is 0. The average molecular weight is 342 g/mol. The van der Waals surface area contributed by atoms with Crippen LogP contribution >= 0.6 is 61.8 Å². The molecule has 0 aliphatic heterocycles. The zero-order chi connectivity index (χ0) is 11.0. The van der Waals surface area contributed by atoms with E-state index in [1.54, 1.807) is 22.7 Å². The number of alkyl halides is 1. The standard InChI is InChI=1S/C10H7BrCl2S2/c1-5-4-7(15-10(5)13)9(12)6-2-3-8(11)14-6/h2-4,9H,1H3. The molecule has 2 aromatic heterocycles. The molecule has 2 aromatic rings. The van der Waals surface area contributed by atoms with E-state index in [2.05, 4.69) is 22.0 Å². The van der Waals surface area contributed by atoms with Gasteiger partial charge in [-0.05, 0) is 46.6 Å². The van der Waals surface area contributed by atoms with Crippen LogP contribution in [0.15, 0.2) is 22.0 Å². The summed E-state index contributed by atoms with van der Waals surface area (Å²) < 4.78 is 1.92. The molecule has 0 nitrogen and oxygen atoms in total. The highest BCUT2D eigenvalue weighted by molar-refractivity contribution is 9.11. The molecule has 0 aromatic carbocycles. The minimum atomic E-state index is -0.0856. The van der Waals surface area contributed by atoms with Gasteiger partial charge in [0.25, 0.3) is 0 Å². The van der Waals surface area contributed by atoms with Crippen molar-refractivity contribution in [3.05, 3.63) is 41.6 Å². The maximum Gasteiger partial charge on any atom is 0.102 e. The minimum Gasteiger partial charge on any atom is -0.131 e. The zero-order valence-electron chi connectivity index (χ0n) is 7.76. The third kappa shape index (κ3) is 2.59. The number of hydrogen-bond donors (Lipinski definition) is 0. The van der Waals surface area contributed by atoms with E-state index in [-0.39, 0.29) is 5.38 Å². The van der Waals surface area contributed by atoms with Gasteiger partial charge in [0.2, 0.25) is 0 Å². The van der Waals surface area contributed by atoms with Crippen LogP contribution in [-0.4, -0.2) is 0 Å². The van der Waals surface area contributed by atoms with E-state index in [1.165, 1.54) is 0 Å². The van der Waals surface area contributed by atoms with Crippen molar-refractivity contribution in [2.24, 2.45) is 0 Å². The molecule has 0 fully saturated rings. The fourth-order valence-corrected chi connectivity index (χ4v) is 4.33. The van der Waals surface area contributed by atoms with Gasteiger partial charge in [-0.25, -0.2) is 0 Å². The molecule has 0 aliphatic carbocycles. The summed E-state index contributed by atoms with van der Waals surface area (Å²) in [7, 11) is 0. The molecule has 0 N–H and O–H groups in total. The van der Waals surface area contributed by atoms with Crippen molar-refractivity contribution >= 4 is 61.8 Å². The van der Waals surface area contributed by atoms with E-state index in [1.807, 2.05) is 19.1 Å². The van der Waals surface area contributed by atoms with Gasteiger partial charge in [0.1, 0.15) is 5.38 Å². The molecule has 80 valence electrons. The fourth-order valence-electron chi connectivity index (χ4n) is 1.21. The quantitative estimate of drug-likeness (QED) is 0.600. The Labute approximate surface area is 115 Å². The van der Waals surface area contributed by atoms with Gasteiger partial charge in [0.05, 0.1) is 8.12 Å². The topological polar surface area (TPSA) is 0 Å². The fraction of sp³-hybridized carbons (Fsp3) is 0.200. The van der Waals surface area contributed by atoms with Crippen molar-refractivity contribution in [2.45, 2.75) is 12.3 Å². The van der Waals surface area contributed by atoms with E-state index < -0.39 is 0 Å². The number of halogens is 3. The molecule has 0 radical (unpaired) electrons. The minimum absolute atomic E-state index is 0.0856. The molecule has 0 saturated carbocycles. The first-order valence-corrected chi connectivity index (χ1v) is 7.47. The molecule has 15 heavy (non-hydrogen) atoms. The van der Waals surface area contributed by atoms with Gasteiger partial charge in [-0.2, -0.15) is 0 Å². The van der Waals surface area contributed by atoms with Crippen LogP contribution in [0.3, 0.4) is 0 Å². The summed E-state index contributed by atoms with van der Waals surface area (Å²) in [5, 5.41) is -0.0856. The lowest BCUT2D eigenvalue weighted by atomic mass is 10.2. The van der Waals surface area contributed by atoms with Gasteiger partial charge in [-0.1, -0.05) is 11.6 Å². The maximum absolute atomic E-state index is 6.37. The van der Waals surface area contributed by atoms with E-state index in [0.717, 1.165) is 23.4 Å². The Hall–Kier alpha value is 0.460. The van der Waals surface area contributed by atoms with Crippen molar-refractivity contribution in [3.63, 3.8) is 0 Å². The second-order valence-corrected chi connectivity index (χ2v) is 7.73. The van der Waals surface area contributed by atoms with Crippen LogP contribution in [0.4, 0.5) is 0 Å². The van der Waals surface area contributed by atoms with Crippen LogP contribution in [0, 0.1) is 6.92 Å². The van der Waals surface area contributed by atoms with Crippen molar-refractivity contribution in [1.29, 1.82) is 0 Å². The summed E-state index contributed by atoms with van der Waals surface area (Å²) in [4.78, 5) is 2.25. The lowest BCUT2D eigenvalue weighted by Gasteiger charge is -2.02. The normalized spacial score (nSPS) is 13.1. The Morgan fingerprint density at radius 1 is 1.27 bits per heavy atom. The molecule has 0 bridgehead atoms. The lowest BCUT2D eigenvalue weighted by molar-refractivity contribution is 1.23. The van der Waals surface area contributed by atoms with E-state index in [9.17, 15) is 0 Å². The molecule has 0 saturated heterocycles. The Balaban J connectivity index is 2.31. The molecule has 1 unspecified atom stereocenters. The van der Waals surface area contributed by atoms with Gasteiger partial charge in [-0.15, -0.1) is 34.3 Å². The van der Waals surface area contributed by atoms with Crippen molar-refractivity contribution in [1.82, 2.24) is 0 Å². The smallest absolute Gasteiger partial charge is 0.102 e. The molecule has 2 heterocycles. The van der Waals surface area contributed by atoms with Crippen LogP contribution in [-0.2, 0) is 0 Å². The van der Waals surface area contributed by atoms with E-state index in [0.29, 0.717) is 0 Å². The highest BCUT2D eigenvalue weighted by atomic mass is 79.9. The van der Waals surface area contributed by atoms with Crippen LogP contribution in [0.25, 0.3) is 0 Å². The largest absolute Gasteiger partial charge is 0.131 e. The van der Waals surface area contributed by atoms with Crippen LogP contribution in [0.2, 0.25) is 4.34 Å². The summed E-state index contributed by atoms with van der Waals surface area (Å²) >= 11 is 19.0. The van der Waals surface area contributed by atoms with Crippen LogP contribution in [0.1, 0.15) is 20.7 Å². The van der Waals surface area contributed by atoms with Crippen LogP contribution in [0.5, 0.6) is 0 Å². The maximum atomic E-state index is 6.37. The molecule has 5 heteroatoms. The summed E-state index contributed by atoms with van der Waals surface area (Å²) in [5.74, 6) is 0. The number of rotatable bonds is 2. The summed E-state index contributed by atoms with van der Waals surface area (Å²) in [5.41, 5.74) is 1.10. The molecule has 0 amide bonds. The predicted molar refractivity (Wildman–Crippen MR) is 73.8 cm³/mol. The van der Waals surface area contributed by atoms with Gasteiger partial charge >= 0.3 is 0 Å². The molecular formula is C10H7BrCl2S2. The first kappa shape index (κ1) is 11.9. The monoisotopic (exact) mass is 340 g/mol. The van der Waals surface area contributed by atoms with Crippen molar-refractivity contribution < 1.29 is 0 Å².